The van der Waals surface area contributed by atoms with Crippen molar-refractivity contribution in [3.05, 3.63) is 30.3 Å². The van der Waals surface area contributed by atoms with Gasteiger partial charge >= 0.3 is 0 Å². The Morgan fingerprint density at radius 1 is 1.33 bits per heavy atom. The van der Waals surface area contributed by atoms with Crippen LogP contribution in [0.2, 0.25) is 0 Å². The summed E-state index contributed by atoms with van der Waals surface area (Å²) in [6, 6.07) is 11.5. The van der Waals surface area contributed by atoms with Crippen molar-refractivity contribution < 1.29 is 0 Å². The zero-order valence-electron chi connectivity index (χ0n) is 9.36. The maximum absolute atomic E-state index is 2.51. The molecule has 1 aromatic rings. The van der Waals surface area contributed by atoms with Crippen molar-refractivity contribution in [1.82, 2.24) is 4.90 Å². The Labute approximate surface area is 96.9 Å². The molecule has 1 aromatic carbocycles. The SMILES string of the molecule is CN1CCC[C@@H]1CCSc1ccccc1. The molecule has 1 saturated heterocycles. The van der Waals surface area contributed by atoms with E-state index in [-0.39, 0.29) is 0 Å². The number of likely N-dealkylation sites (tertiary alicyclic amines) is 1. The molecule has 0 aromatic heterocycles. The minimum absolute atomic E-state index is 0.834. The van der Waals surface area contributed by atoms with E-state index in [2.05, 4.69) is 42.3 Å². The largest absolute Gasteiger partial charge is 0.303 e. The quantitative estimate of drug-likeness (QED) is 0.718. The number of rotatable bonds is 4. The molecule has 1 nitrogen and oxygen atoms in total. The van der Waals surface area contributed by atoms with Crippen LogP contribution in [0.3, 0.4) is 0 Å². The van der Waals surface area contributed by atoms with Gasteiger partial charge in [0.1, 0.15) is 0 Å². The maximum Gasteiger partial charge on any atom is 0.0101 e. The van der Waals surface area contributed by atoms with Crippen LogP contribution >= 0.6 is 11.8 Å². The van der Waals surface area contributed by atoms with Crippen LogP contribution in [0.5, 0.6) is 0 Å². The molecule has 1 aliphatic rings. The second-order valence-electron chi connectivity index (χ2n) is 4.23. The van der Waals surface area contributed by atoms with E-state index in [1.165, 1.54) is 36.5 Å². The van der Waals surface area contributed by atoms with Gasteiger partial charge < -0.3 is 4.90 Å². The maximum atomic E-state index is 2.51. The number of hydrogen-bond donors (Lipinski definition) is 0. The summed E-state index contributed by atoms with van der Waals surface area (Å²) in [6.45, 7) is 1.29. The topological polar surface area (TPSA) is 3.24 Å². The Hall–Kier alpha value is -0.470. The van der Waals surface area contributed by atoms with Gasteiger partial charge in [0.25, 0.3) is 0 Å². The number of benzene rings is 1. The molecule has 82 valence electrons. The fourth-order valence-corrected chi connectivity index (χ4v) is 3.15. The number of thioether (sulfide) groups is 1. The Balaban J connectivity index is 1.71. The van der Waals surface area contributed by atoms with Gasteiger partial charge in [0.15, 0.2) is 0 Å². The van der Waals surface area contributed by atoms with E-state index in [9.17, 15) is 0 Å². The third-order valence-electron chi connectivity index (χ3n) is 3.13. The monoisotopic (exact) mass is 221 g/mol. The molecule has 0 spiro atoms. The lowest BCUT2D eigenvalue weighted by atomic mass is 10.2. The van der Waals surface area contributed by atoms with E-state index in [0.717, 1.165) is 6.04 Å². The summed E-state index contributed by atoms with van der Waals surface area (Å²) in [5.74, 6) is 1.25. The molecule has 0 saturated carbocycles. The first-order valence-corrected chi connectivity index (χ1v) is 6.73. The molecule has 1 heterocycles. The van der Waals surface area contributed by atoms with E-state index in [4.69, 9.17) is 0 Å². The molecule has 2 heteroatoms. The molecule has 1 aliphatic heterocycles. The minimum atomic E-state index is 0.834. The molecule has 0 unspecified atom stereocenters. The van der Waals surface area contributed by atoms with Crippen molar-refractivity contribution >= 4 is 11.8 Å². The second kappa shape index (κ2) is 5.57. The predicted octanol–water partition coefficient (Wildman–Crippen LogP) is 3.26. The fraction of sp³-hybridized carbons (Fsp3) is 0.538. The summed E-state index contributed by atoms with van der Waals surface area (Å²) in [7, 11) is 2.25. The molecule has 1 atom stereocenters. The Morgan fingerprint density at radius 2 is 2.13 bits per heavy atom. The second-order valence-corrected chi connectivity index (χ2v) is 5.40. The average molecular weight is 221 g/mol. The first-order valence-electron chi connectivity index (χ1n) is 5.74. The molecular formula is C13H19NS. The van der Waals surface area contributed by atoms with Crippen molar-refractivity contribution in [2.45, 2.75) is 30.2 Å². The van der Waals surface area contributed by atoms with Crippen LogP contribution in [-0.2, 0) is 0 Å². The van der Waals surface area contributed by atoms with Crippen LogP contribution < -0.4 is 0 Å². The van der Waals surface area contributed by atoms with Gasteiger partial charge in [-0.25, -0.2) is 0 Å². The highest BCUT2D eigenvalue weighted by Gasteiger charge is 2.19. The van der Waals surface area contributed by atoms with Gasteiger partial charge in [-0.1, -0.05) is 18.2 Å². The highest BCUT2D eigenvalue weighted by molar-refractivity contribution is 7.99. The summed E-state index contributed by atoms with van der Waals surface area (Å²) in [5.41, 5.74) is 0. The normalized spacial score (nSPS) is 22.1. The van der Waals surface area contributed by atoms with Crippen LogP contribution in [0.25, 0.3) is 0 Å². The average Bonchev–Trinajstić information content (AvgIpc) is 2.66. The van der Waals surface area contributed by atoms with E-state index in [0.29, 0.717) is 0 Å². The van der Waals surface area contributed by atoms with E-state index < -0.39 is 0 Å². The van der Waals surface area contributed by atoms with Gasteiger partial charge in [-0.15, -0.1) is 11.8 Å². The van der Waals surface area contributed by atoms with Crippen molar-refractivity contribution in [3.63, 3.8) is 0 Å². The van der Waals surface area contributed by atoms with E-state index in [1.807, 2.05) is 11.8 Å². The first-order chi connectivity index (χ1) is 7.36. The van der Waals surface area contributed by atoms with Crippen molar-refractivity contribution in [2.24, 2.45) is 0 Å². The van der Waals surface area contributed by atoms with Gasteiger partial charge in [-0.2, -0.15) is 0 Å². The molecular weight excluding hydrogens is 202 g/mol. The van der Waals surface area contributed by atoms with Gasteiger partial charge in [0, 0.05) is 10.9 Å². The van der Waals surface area contributed by atoms with Crippen molar-refractivity contribution in [2.75, 3.05) is 19.3 Å². The lowest BCUT2D eigenvalue weighted by Gasteiger charge is -2.18. The predicted molar refractivity (Wildman–Crippen MR) is 67.4 cm³/mol. The van der Waals surface area contributed by atoms with Gasteiger partial charge in [0.2, 0.25) is 0 Å². The summed E-state index contributed by atoms with van der Waals surface area (Å²) in [6.07, 6.45) is 4.11. The number of nitrogens with zero attached hydrogens (tertiary/aromatic N) is 1. The van der Waals surface area contributed by atoms with Gasteiger partial charge in [-0.3, -0.25) is 0 Å². The van der Waals surface area contributed by atoms with Gasteiger partial charge in [-0.05, 0) is 50.7 Å². The van der Waals surface area contributed by atoms with E-state index in [1.54, 1.807) is 0 Å². The highest BCUT2D eigenvalue weighted by Crippen LogP contribution is 2.23. The zero-order chi connectivity index (χ0) is 10.5. The molecule has 15 heavy (non-hydrogen) atoms. The zero-order valence-corrected chi connectivity index (χ0v) is 10.2. The standard InChI is InChI=1S/C13H19NS/c1-14-10-5-6-12(14)9-11-15-13-7-3-2-4-8-13/h2-4,7-8,12H,5-6,9-11H2,1H3/t12-/m1/s1. The lowest BCUT2D eigenvalue weighted by molar-refractivity contribution is 0.305. The summed E-state index contributed by atoms with van der Waals surface area (Å²) in [4.78, 5) is 3.91. The third-order valence-corrected chi connectivity index (χ3v) is 4.18. The molecule has 0 aliphatic carbocycles. The van der Waals surface area contributed by atoms with Crippen molar-refractivity contribution in [3.8, 4) is 0 Å². The molecule has 0 bridgehead atoms. The Kier molecular flexibility index (Phi) is 4.09. The van der Waals surface area contributed by atoms with Crippen LogP contribution in [0.4, 0.5) is 0 Å². The Bertz CT molecular complexity index is 286. The molecule has 0 radical (unpaired) electrons. The van der Waals surface area contributed by atoms with Crippen LogP contribution in [-0.4, -0.2) is 30.3 Å². The van der Waals surface area contributed by atoms with Crippen LogP contribution in [0, 0.1) is 0 Å². The van der Waals surface area contributed by atoms with E-state index >= 15 is 0 Å². The summed E-state index contributed by atoms with van der Waals surface area (Å²) < 4.78 is 0. The molecule has 1 fully saturated rings. The van der Waals surface area contributed by atoms with Crippen molar-refractivity contribution in [1.29, 1.82) is 0 Å². The molecule has 0 N–H and O–H groups in total. The first kappa shape index (κ1) is 11.0. The minimum Gasteiger partial charge on any atom is -0.303 e. The smallest absolute Gasteiger partial charge is 0.0101 e. The third kappa shape index (κ3) is 3.25. The van der Waals surface area contributed by atoms with Crippen LogP contribution in [0.1, 0.15) is 19.3 Å². The summed E-state index contributed by atoms with van der Waals surface area (Å²) in [5, 5.41) is 0. The number of hydrogen-bond acceptors (Lipinski definition) is 2. The molecule has 2 rings (SSSR count). The van der Waals surface area contributed by atoms with Crippen LogP contribution in [0.15, 0.2) is 35.2 Å². The Morgan fingerprint density at radius 3 is 2.80 bits per heavy atom. The lowest BCUT2D eigenvalue weighted by Crippen LogP contribution is -2.25. The summed E-state index contributed by atoms with van der Waals surface area (Å²) >= 11 is 1.98. The fourth-order valence-electron chi connectivity index (χ4n) is 2.17. The molecule has 0 amide bonds. The van der Waals surface area contributed by atoms with Gasteiger partial charge in [0.05, 0.1) is 0 Å². The highest BCUT2D eigenvalue weighted by atomic mass is 32.2.